The summed E-state index contributed by atoms with van der Waals surface area (Å²) in [5.41, 5.74) is 2.11. The number of halogens is 1. The number of aryl methyl sites for hydroxylation is 1. The van der Waals surface area contributed by atoms with Gasteiger partial charge in [-0.25, -0.2) is 0 Å². The second kappa shape index (κ2) is 6.77. The van der Waals surface area contributed by atoms with Gasteiger partial charge in [-0.15, -0.1) is 0 Å². The average molecular weight is 329 g/mol. The minimum Gasteiger partial charge on any atom is -0.324 e. The maximum Gasteiger partial charge on any atom is 0.232 e. The number of nitrogens with zero attached hydrogens (tertiary/aromatic N) is 3. The van der Waals surface area contributed by atoms with Crippen LogP contribution < -0.4 is 5.32 Å². The van der Waals surface area contributed by atoms with Crippen LogP contribution in [0.25, 0.3) is 0 Å². The second-order valence-electron chi connectivity index (χ2n) is 4.62. The highest BCUT2D eigenvalue weighted by molar-refractivity contribution is 7.99. The summed E-state index contributed by atoms with van der Waals surface area (Å²) < 4.78 is 0. The minimum absolute atomic E-state index is 0.169. The van der Waals surface area contributed by atoms with Crippen molar-refractivity contribution in [3.63, 3.8) is 0 Å². The predicted octanol–water partition coefficient (Wildman–Crippen LogP) is 4.73. The first-order chi connectivity index (χ1) is 10.7. The van der Waals surface area contributed by atoms with Crippen molar-refractivity contribution in [2.24, 2.45) is 0 Å². The third-order valence-corrected chi connectivity index (χ3v) is 3.89. The maximum absolute atomic E-state index is 5.99. The molecule has 1 N–H and O–H groups in total. The molecule has 0 unspecified atom stereocenters. The third kappa shape index (κ3) is 3.96. The van der Waals surface area contributed by atoms with Crippen molar-refractivity contribution in [3.05, 3.63) is 65.4 Å². The first kappa shape index (κ1) is 14.8. The lowest BCUT2D eigenvalue weighted by molar-refractivity contribution is 0.912. The zero-order chi connectivity index (χ0) is 15.4. The molecule has 3 rings (SSSR count). The Bertz CT molecular complexity index is 763. The van der Waals surface area contributed by atoms with Crippen LogP contribution in [0.2, 0.25) is 5.28 Å². The number of rotatable bonds is 4. The zero-order valence-corrected chi connectivity index (χ0v) is 13.4. The lowest BCUT2D eigenvalue weighted by Gasteiger charge is -2.06. The molecule has 0 amide bonds. The van der Waals surface area contributed by atoms with Crippen LogP contribution in [0.4, 0.5) is 11.6 Å². The van der Waals surface area contributed by atoms with Gasteiger partial charge in [0.25, 0.3) is 0 Å². The topological polar surface area (TPSA) is 50.7 Å². The minimum atomic E-state index is 0.169. The summed E-state index contributed by atoms with van der Waals surface area (Å²) in [6, 6.07) is 17.9. The Balaban J connectivity index is 1.82. The van der Waals surface area contributed by atoms with Gasteiger partial charge in [0.1, 0.15) is 0 Å². The van der Waals surface area contributed by atoms with Crippen LogP contribution in [0, 0.1) is 6.92 Å². The van der Waals surface area contributed by atoms with E-state index in [1.807, 2.05) is 54.6 Å². The quantitative estimate of drug-likeness (QED) is 0.750. The molecule has 0 saturated carbocycles. The molecule has 4 nitrogen and oxygen atoms in total. The van der Waals surface area contributed by atoms with Gasteiger partial charge in [0, 0.05) is 10.6 Å². The molecule has 2 aromatic carbocycles. The molecule has 6 heteroatoms. The molecular weight excluding hydrogens is 316 g/mol. The van der Waals surface area contributed by atoms with Gasteiger partial charge in [-0.05, 0) is 54.6 Å². The highest BCUT2D eigenvalue weighted by Gasteiger charge is 2.07. The largest absolute Gasteiger partial charge is 0.324 e. The van der Waals surface area contributed by atoms with E-state index in [-0.39, 0.29) is 5.28 Å². The number of hydrogen-bond donors (Lipinski definition) is 1. The van der Waals surface area contributed by atoms with Crippen molar-refractivity contribution in [2.75, 3.05) is 5.32 Å². The number of hydrogen-bond acceptors (Lipinski definition) is 5. The first-order valence-corrected chi connectivity index (χ1v) is 7.87. The summed E-state index contributed by atoms with van der Waals surface area (Å²) in [4.78, 5) is 13.7. The Morgan fingerprint density at radius 3 is 2.36 bits per heavy atom. The molecule has 0 aliphatic carbocycles. The zero-order valence-electron chi connectivity index (χ0n) is 11.8. The monoisotopic (exact) mass is 328 g/mol. The average Bonchev–Trinajstić information content (AvgIpc) is 2.50. The third-order valence-electron chi connectivity index (χ3n) is 2.85. The molecular formula is C16H13ClN4S. The standard InChI is InChI=1S/C16H13ClN4S/c1-11-7-9-13(10-8-11)22-16-20-14(17)19-15(21-16)18-12-5-3-2-4-6-12/h2-10H,1H3,(H,18,19,20,21). The molecule has 0 aliphatic heterocycles. The first-order valence-electron chi connectivity index (χ1n) is 6.67. The molecule has 0 spiro atoms. The fourth-order valence-electron chi connectivity index (χ4n) is 1.80. The normalized spacial score (nSPS) is 10.5. The van der Waals surface area contributed by atoms with Crippen molar-refractivity contribution in [2.45, 2.75) is 17.0 Å². The van der Waals surface area contributed by atoms with Crippen LogP contribution in [-0.2, 0) is 0 Å². The van der Waals surface area contributed by atoms with E-state index in [1.54, 1.807) is 0 Å². The molecule has 0 saturated heterocycles. The van der Waals surface area contributed by atoms with Gasteiger partial charge in [-0.1, -0.05) is 35.9 Å². The number of aromatic nitrogens is 3. The predicted molar refractivity (Wildman–Crippen MR) is 89.9 cm³/mol. The van der Waals surface area contributed by atoms with Gasteiger partial charge >= 0.3 is 0 Å². The molecule has 22 heavy (non-hydrogen) atoms. The summed E-state index contributed by atoms with van der Waals surface area (Å²) in [6.45, 7) is 2.05. The Hall–Kier alpha value is -2.11. The van der Waals surface area contributed by atoms with E-state index in [4.69, 9.17) is 11.6 Å². The lowest BCUT2D eigenvalue weighted by Crippen LogP contribution is -2.00. The van der Waals surface area contributed by atoms with Crippen LogP contribution in [0.1, 0.15) is 5.56 Å². The van der Waals surface area contributed by atoms with Gasteiger partial charge in [0.2, 0.25) is 11.2 Å². The summed E-state index contributed by atoms with van der Waals surface area (Å²) in [6.07, 6.45) is 0. The van der Waals surface area contributed by atoms with Gasteiger partial charge in [-0.2, -0.15) is 15.0 Å². The summed E-state index contributed by atoms with van der Waals surface area (Å²) >= 11 is 7.44. The molecule has 0 bridgehead atoms. The highest BCUT2D eigenvalue weighted by atomic mass is 35.5. The molecule has 0 atom stereocenters. The van der Waals surface area contributed by atoms with E-state index in [2.05, 4.69) is 27.2 Å². The van der Waals surface area contributed by atoms with Gasteiger partial charge < -0.3 is 5.32 Å². The Morgan fingerprint density at radius 1 is 0.909 bits per heavy atom. The van der Waals surface area contributed by atoms with E-state index in [0.717, 1.165) is 10.6 Å². The molecule has 1 heterocycles. The SMILES string of the molecule is Cc1ccc(Sc2nc(Cl)nc(Nc3ccccc3)n2)cc1. The van der Waals surface area contributed by atoms with E-state index >= 15 is 0 Å². The number of nitrogens with one attached hydrogen (secondary N) is 1. The van der Waals surface area contributed by atoms with E-state index in [0.29, 0.717) is 11.1 Å². The van der Waals surface area contributed by atoms with Crippen LogP contribution in [0.3, 0.4) is 0 Å². The van der Waals surface area contributed by atoms with E-state index in [1.165, 1.54) is 17.3 Å². The van der Waals surface area contributed by atoms with Crippen molar-refractivity contribution in [1.82, 2.24) is 15.0 Å². The lowest BCUT2D eigenvalue weighted by atomic mass is 10.2. The molecule has 0 aliphatic rings. The van der Waals surface area contributed by atoms with Crippen LogP contribution >= 0.6 is 23.4 Å². The second-order valence-corrected chi connectivity index (χ2v) is 6.00. The van der Waals surface area contributed by atoms with Crippen molar-refractivity contribution < 1.29 is 0 Å². The fourth-order valence-corrected chi connectivity index (χ4v) is 2.75. The Kier molecular flexibility index (Phi) is 4.56. The van der Waals surface area contributed by atoms with Crippen molar-refractivity contribution in [3.8, 4) is 0 Å². The van der Waals surface area contributed by atoms with Gasteiger partial charge in [-0.3, -0.25) is 0 Å². The molecule has 0 radical (unpaired) electrons. The number of para-hydroxylation sites is 1. The molecule has 110 valence electrons. The van der Waals surface area contributed by atoms with Gasteiger partial charge in [0.15, 0.2) is 5.16 Å². The summed E-state index contributed by atoms with van der Waals surface area (Å²) in [5, 5.41) is 3.85. The number of benzene rings is 2. The van der Waals surface area contributed by atoms with Crippen molar-refractivity contribution >= 4 is 35.0 Å². The molecule has 1 aromatic heterocycles. The van der Waals surface area contributed by atoms with Gasteiger partial charge in [0.05, 0.1) is 0 Å². The maximum atomic E-state index is 5.99. The van der Waals surface area contributed by atoms with Crippen molar-refractivity contribution in [1.29, 1.82) is 0 Å². The van der Waals surface area contributed by atoms with Crippen LogP contribution in [-0.4, -0.2) is 15.0 Å². The number of anilines is 2. The Labute approximate surface area is 138 Å². The van der Waals surface area contributed by atoms with E-state index in [9.17, 15) is 0 Å². The molecule has 0 fully saturated rings. The highest BCUT2D eigenvalue weighted by Crippen LogP contribution is 2.26. The van der Waals surface area contributed by atoms with Crippen LogP contribution in [0.5, 0.6) is 0 Å². The molecule has 3 aromatic rings. The summed E-state index contributed by atoms with van der Waals surface area (Å²) in [5.74, 6) is 0.431. The summed E-state index contributed by atoms with van der Waals surface area (Å²) in [7, 11) is 0. The Morgan fingerprint density at radius 2 is 1.64 bits per heavy atom. The fraction of sp³-hybridized carbons (Fsp3) is 0.0625. The van der Waals surface area contributed by atoms with E-state index < -0.39 is 0 Å². The smallest absolute Gasteiger partial charge is 0.232 e. The van der Waals surface area contributed by atoms with Crippen LogP contribution in [0.15, 0.2) is 64.6 Å².